The van der Waals surface area contributed by atoms with Gasteiger partial charge in [-0.1, -0.05) is 13.0 Å². The lowest BCUT2D eigenvalue weighted by atomic mass is 10.1. The summed E-state index contributed by atoms with van der Waals surface area (Å²) in [5, 5.41) is 8.81. The van der Waals surface area contributed by atoms with E-state index < -0.39 is 0 Å². The number of nitrogens with one attached hydrogen (secondary N) is 2. The number of carbonyl (C=O) groups excluding carboxylic acids is 1. The Morgan fingerprint density at radius 3 is 2.94 bits per heavy atom. The van der Waals surface area contributed by atoms with Gasteiger partial charge < -0.3 is 5.32 Å². The highest BCUT2D eigenvalue weighted by atomic mass is 19.1. The van der Waals surface area contributed by atoms with Crippen LogP contribution in [0.15, 0.2) is 30.6 Å². The maximum Gasteiger partial charge on any atom is 0.258 e. The van der Waals surface area contributed by atoms with Crippen molar-refractivity contribution in [1.82, 2.24) is 10.2 Å². The fourth-order valence-electron chi connectivity index (χ4n) is 1.49. The van der Waals surface area contributed by atoms with Gasteiger partial charge in [0, 0.05) is 11.9 Å². The van der Waals surface area contributed by atoms with Gasteiger partial charge in [-0.3, -0.25) is 9.89 Å². The fraction of sp³-hybridized carbons (Fsp3) is 0.167. The summed E-state index contributed by atoms with van der Waals surface area (Å²) >= 11 is 0. The number of hydrogen-bond acceptors (Lipinski definition) is 2. The second-order valence-electron chi connectivity index (χ2n) is 3.60. The average molecular weight is 233 g/mol. The van der Waals surface area contributed by atoms with Crippen LogP contribution in [0.1, 0.15) is 22.8 Å². The fourth-order valence-corrected chi connectivity index (χ4v) is 1.49. The van der Waals surface area contributed by atoms with Crippen molar-refractivity contribution in [3.8, 4) is 0 Å². The summed E-state index contributed by atoms with van der Waals surface area (Å²) in [6.45, 7) is 1.88. The molecule has 0 aliphatic carbocycles. The number of rotatable bonds is 3. The van der Waals surface area contributed by atoms with Gasteiger partial charge in [0.2, 0.25) is 0 Å². The summed E-state index contributed by atoms with van der Waals surface area (Å²) in [5.41, 5.74) is 1.47. The van der Waals surface area contributed by atoms with Gasteiger partial charge in [0.1, 0.15) is 5.82 Å². The number of nitrogens with zero attached hydrogens (tertiary/aromatic N) is 1. The van der Waals surface area contributed by atoms with Gasteiger partial charge in [-0.2, -0.15) is 5.10 Å². The highest BCUT2D eigenvalue weighted by molar-refractivity contribution is 6.03. The summed E-state index contributed by atoms with van der Waals surface area (Å²) in [5.74, 6) is -0.625. The summed E-state index contributed by atoms with van der Waals surface area (Å²) in [6, 6.07) is 4.66. The van der Waals surface area contributed by atoms with Crippen LogP contribution in [0.5, 0.6) is 0 Å². The van der Waals surface area contributed by atoms with Crippen LogP contribution >= 0.6 is 0 Å². The molecule has 0 bridgehead atoms. The van der Waals surface area contributed by atoms with E-state index in [0.717, 1.165) is 0 Å². The maximum atomic E-state index is 13.5. The van der Waals surface area contributed by atoms with Crippen LogP contribution in [-0.2, 0) is 6.42 Å². The Morgan fingerprint density at radius 2 is 2.35 bits per heavy atom. The molecule has 0 atom stereocenters. The largest absolute Gasteiger partial charge is 0.322 e. The standard InChI is InChI=1S/C12H12FN3O/c1-2-8-3-4-10(5-11(8)13)16-12(17)9-6-14-15-7-9/h3-7H,2H2,1H3,(H,14,15)(H,16,17). The Bertz CT molecular complexity index is 523. The second kappa shape index (κ2) is 4.78. The Kier molecular flexibility index (Phi) is 3.18. The van der Waals surface area contributed by atoms with Crippen molar-refractivity contribution in [3.05, 3.63) is 47.5 Å². The second-order valence-corrected chi connectivity index (χ2v) is 3.60. The predicted molar refractivity (Wildman–Crippen MR) is 62.3 cm³/mol. The van der Waals surface area contributed by atoms with Crippen LogP contribution in [0.2, 0.25) is 0 Å². The van der Waals surface area contributed by atoms with E-state index >= 15 is 0 Å². The lowest BCUT2D eigenvalue weighted by Gasteiger charge is -2.05. The molecule has 5 heteroatoms. The number of anilines is 1. The highest BCUT2D eigenvalue weighted by Gasteiger charge is 2.08. The van der Waals surface area contributed by atoms with E-state index in [0.29, 0.717) is 23.2 Å². The van der Waals surface area contributed by atoms with E-state index in [2.05, 4.69) is 15.5 Å². The third-order valence-electron chi connectivity index (χ3n) is 2.45. The Balaban J connectivity index is 2.14. The molecule has 0 saturated heterocycles. The minimum atomic E-state index is -0.317. The van der Waals surface area contributed by atoms with Gasteiger partial charge in [0.05, 0.1) is 11.8 Å². The first-order valence-electron chi connectivity index (χ1n) is 5.29. The number of aryl methyl sites for hydroxylation is 1. The van der Waals surface area contributed by atoms with Crippen LogP contribution < -0.4 is 5.32 Å². The molecule has 88 valence electrons. The van der Waals surface area contributed by atoms with Crippen LogP contribution in [0.3, 0.4) is 0 Å². The minimum absolute atomic E-state index is 0.308. The molecule has 0 saturated carbocycles. The zero-order valence-electron chi connectivity index (χ0n) is 9.33. The number of H-pyrrole nitrogens is 1. The van der Waals surface area contributed by atoms with Gasteiger partial charge in [0.15, 0.2) is 0 Å². The van der Waals surface area contributed by atoms with Gasteiger partial charge in [-0.15, -0.1) is 0 Å². The third-order valence-corrected chi connectivity index (χ3v) is 2.45. The van der Waals surface area contributed by atoms with E-state index in [9.17, 15) is 9.18 Å². The van der Waals surface area contributed by atoms with Crippen molar-refractivity contribution in [2.24, 2.45) is 0 Å². The molecule has 1 amide bonds. The lowest BCUT2D eigenvalue weighted by Crippen LogP contribution is -2.11. The molecule has 0 spiro atoms. The van der Waals surface area contributed by atoms with Gasteiger partial charge in [-0.05, 0) is 24.1 Å². The number of hydrogen-bond donors (Lipinski definition) is 2. The molecular formula is C12H12FN3O. The van der Waals surface area contributed by atoms with Crippen molar-refractivity contribution in [2.75, 3.05) is 5.32 Å². The molecule has 1 heterocycles. The number of amides is 1. The van der Waals surface area contributed by atoms with Crippen molar-refractivity contribution in [2.45, 2.75) is 13.3 Å². The monoisotopic (exact) mass is 233 g/mol. The number of aromatic nitrogens is 2. The smallest absolute Gasteiger partial charge is 0.258 e. The van der Waals surface area contributed by atoms with Gasteiger partial charge in [-0.25, -0.2) is 4.39 Å². The zero-order valence-corrected chi connectivity index (χ0v) is 9.33. The van der Waals surface area contributed by atoms with Crippen molar-refractivity contribution in [3.63, 3.8) is 0 Å². The van der Waals surface area contributed by atoms with Crippen LogP contribution in [0.25, 0.3) is 0 Å². The van der Waals surface area contributed by atoms with E-state index in [-0.39, 0.29) is 11.7 Å². The van der Waals surface area contributed by atoms with Gasteiger partial charge in [0.25, 0.3) is 5.91 Å². The summed E-state index contributed by atoms with van der Waals surface area (Å²) in [4.78, 5) is 11.6. The zero-order chi connectivity index (χ0) is 12.3. The van der Waals surface area contributed by atoms with Crippen molar-refractivity contribution in [1.29, 1.82) is 0 Å². The molecule has 4 nitrogen and oxygen atoms in total. The van der Waals surface area contributed by atoms with E-state index in [1.54, 1.807) is 12.1 Å². The molecule has 1 aromatic heterocycles. The maximum absolute atomic E-state index is 13.5. The molecular weight excluding hydrogens is 221 g/mol. The third kappa shape index (κ3) is 2.50. The molecule has 1 aromatic carbocycles. The summed E-state index contributed by atoms with van der Waals surface area (Å²) < 4.78 is 13.5. The minimum Gasteiger partial charge on any atom is -0.322 e. The van der Waals surface area contributed by atoms with Crippen molar-refractivity contribution >= 4 is 11.6 Å². The van der Waals surface area contributed by atoms with Gasteiger partial charge >= 0.3 is 0 Å². The van der Waals surface area contributed by atoms with Crippen LogP contribution in [-0.4, -0.2) is 16.1 Å². The SMILES string of the molecule is CCc1ccc(NC(=O)c2cn[nH]c2)cc1F. The average Bonchev–Trinajstić information content (AvgIpc) is 2.82. The predicted octanol–water partition coefficient (Wildman–Crippen LogP) is 2.36. The molecule has 2 rings (SSSR count). The first-order valence-corrected chi connectivity index (χ1v) is 5.29. The molecule has 0 fully saturated rings. The molecule has 0 radical (unpaired) electrons. The molecule has 2 aromatic rings. The molecule has 17 heavy (non-hydrogen) atoms. The number of benzene rings is 1. The first kappa shape index (κ1) is 11.3. The van der Waals surface area contributed by atoms with E-state index in [1.165, 1.54) is 18.5 Å². The Hall–Kier alpha value is -2.17. The Morgan fingerprint density at radius 1 is 1.53 bits per heavy atom. The topological polar surface area (TPSA) is 57.8 Å². The van der Waals surface area contributed by atoms with Crippen LogP contribution in [0, 0.1) is 5.82 Å². The number of aromatic amines is 1. The van der Waals surface area contributed by atoms with E-state index in [4.69, 9.17) is 0 Å². The molecule has 0 aliphatic rings. The molecule has 2 N–H and O–H groups in total. The van der Waals surface area contributed by atoms with Crippen LogP contribution in [0.4, 0.5) is 10.1 Å². The highest BCUT2D eigenvalue weighted by Crippen LogP contribution is 2.15. The molecule has 0 aliphatic heterocycles. The molecule has 0 unspecified atom stereocenters. The first-order chi connectivity index (χ1) is 8.20. The van der Waals surface area contributed by atoms with Crippen molar-refractivity contribution < 1.29 is 9.18 Å². The number of halogens is 1. The quantitative estimate of drug-likeness (QED) is 0.855. The summed E-state index contributed by atoms with van der Waals surface area (Å²) in [6.07, 6.45) is 3.51. The normalized spacial score (nSPS) is 10.2. The lowest BCUT2D eigenvalue weighted by molar-refractivity contribution is 0.102. The number of carbonyl (C=O) groups is 1. The Labute approximate surface area is 97.9 Å². The summed E-state index contributed by atoms with van der Waals surface area (Å²) in [7, 11) is 0. The van der Waals surface area contributed by atoms with E-state index in [1.807, 2.05) is 6.92 Å².